The molecule has 3 nitrogen and oxygen atoms in total. The minimum atomic E-state index is 0.508. The van der Waals surface area contributed by atoms with Gasteiger partial charge in [0.05, 0.1) is 0 Å². The first-order valence-electron chi connectivity index (χ1n) is 5.59. The summed E-state index contributed by atoms with van der Waals surface area (Å²) < 4.78 is 0. The minimum Gasteiger partial charge on any atom is -0.326 e. The highest BCUT2D eigenvalue weighted by Gasteiger charge is 2.04. The maximum absolute atomic E-state index is 6.20. The van der Waals surface area contributed by atoms with Gasteiger partial charge in [-0.25, -0.2) is 9.97 Å². The molecule has 0 unspecified atom stereocenters. The van der Waals surface area contributed by atoms with Crippen molar-refractivity contribution < 1.29 is 0 Å². The fraction of sp³-hybridized carbons (Fsp3) is 0.231. The molecular weight excluding hydrogens is 266 g/mol. The lowest BCUT2D eigenvalue weighted by Gasteiger charge is -2.05. The molecule has 2 N–H and O–H groups in total. The monoisotopic (exact) mass is 279 g/mol. The van der Waals surface area contributed by atoms with E-state index in [1.807, 2.05) is 31.2 Å². The molecule has 94 valence electrons. The predicted molar refractivity (Wildman–Crippen MR) is 75.7 cm³/mol. The highest BCUT2D eigenvalue weighted by molar-refractivity contribution is 7.98. The van der Waals surface area contributed by atoms with Gasteiger partial charge in [0.1, 0.15) is 0 Å². The smallest absolute Gasteiger partial charge is 0.188 e. The standard InChI is InChI=1S/C13H14ClN3S/c1-9-4-5-16-13(17-9)18-8-11-3-2-10(7-15)6-12(11)14/h2-6H,7-8,15H2,1H3. The molecule has 1 aromatic heterocycles. The van der Waals surface area contributed by atoms with Crippen molar-refractivity contribution in [1.82, 2.24) is 9.97 Å². The van der Waals surface area contributed by atoms with Gasteiger partial charge in [0.25, 0.3) is 0 Å². The number of nitrogens with zero attached hydrogens (tertiary/aromatic N) is 2. The van der Waals surface area contributed by atoms with Crippen LogP contribution in [0.15, 0.2) is 35.6 Å². The summed E-state index contributed by atoms with van der Waals surface area (Å²) in [7, 11) is 0. The number of halogens is 1. The number of nitrogens with two attached hydrogens (primary N) is 1. The highest BCUT2D eigenvalue weighted by Crippen LogP contribution is 2.25. The van der Waals surface area contributed by atoms with Crippen LogP contribution in [-0.2, 0) is 12.3 Å². The van der Waals surface area contributed by atoms with E-state index in [0.29, 0.717) is 6.54 Å². The lowest BCUT2D eigenvalue weighted by atomic mass is 10.1. The van der Waals surface area contributed by atoms with Crippen LogP contribution in [-0.4, -0.2) is 9.97 Å². The van der Waals surface area contributed by atoms with Crippen LogP contribution in [0.5, 0.6) is 0 Å². The largest absolute Gasteiger partial charge is 0.326 e. The molecule has 1 heterocycles. The molecule has 0 spiro atoms. The van der Waals surface area contributed by atoms with Crippen molar-refractivity contribution in [2.24, 2.45) is 5.73 Å². The fourth-order valence-electron chi connectivity index (χ4n) is 1.47. The van der Waals surface area contributed by atoms with Gasteiger partial charge in [-0.2, -0.15) is 0 Å². The summed E-state index contributed by atoms with van der Waals surface area (Å²) >= 11 is 7.77. The van der Waals surface area contributed by atoms with Crippen molar-refractivity contribution in [2.75, 3.05) is 0 Å². The molecule has 5 heteroatoms. The summed E-state index contributed by atoms with van der Waals surface area (Å²) in [6.07, 6.45) is 1.77. The Hall–Kier alpha value is -1.10. The van der Waals surface area contributed by atoms with Gasteiger partial charge in [0.15, 0.2) is 5.16 Å². The molecule has 0 aliphatic heterocycles. The zero-order chi connectivity index (χ0) is 13.0. The van der Waals surface area contributed by atoms with Crippen LogP contribution >= 0.6 is 23.4 Å². The fourth-order valence-corrected chi connectivity index (χ4v) is 2.70. The summed E-state index contributed by atoms with van der Waals surface area (Å²) in [4.78, 5) is 8.55. The second kappa shape index (κ2) is 6.18. The van der Waals surface area contributed by atoms with Crippen molar-refractivity contribution >= 4 is 23.4 Å². The molecule has 0 radical (unpaired) electrons. The molecule has 2 rings (SSSR count). The molecule has 0 saturated heterocycles. The maximum atomic E-state index is 6.20. The van der Waals surface area contributed by atoms with Crippen molar-refractivity contribution in [1.29, 1.82) is 0 Å². The van der Waals surface area contributed by atoms with Gasteiger partial charge in [0, 0.05) is 29.2 Å². The Balaban J connectivity index is 2.06. The van der Waals surface area contributed by atoms with Crippen LogP contribution in [0.4, 0.5) is 0 Å². The van der Waals surface area contributed by atoms with Gasteiger partial charge >= 0.3 is 0 Å². The Labute approximate surface area is 116 Å². The van der Waals surface area contributed by atoms with E-state index in [2.05, 4.69) is 9.97 Å². The number of hydrogen-bond donors (Lipinski definition) is 1. The van der Waals surface area contributed by atoms with Crippen molar-refractivity contribution in [3.63, 3.8) is 0 Å². The van der Waals surface area contributed by atoms with Gasteiger partial charge in [-0.15, -0.1) is 0 Å². The lowest BCUT2D eigenvalue weighted by Crippen LogP contribution is -1.97. The molecule has 0 bridgehead atoms. The number of rotatable bonds is 4. The highest BCUT2D eigenvalue weighted by atomic mass is 35.5. The summed E-state index contributed by atoms with van der Waals surface area (Å²) in [6.45, 7) is 2.46. The lowest BCUT2D eigenvalue weighted by molar-refractivity contribution is 0.932. The SMILES string of the molecule is Cc1ccnc(SCc2ccc(CN)cc2Cl)n1. The third-order valence-electron chi connectivity index (χ3n) is 2.48. The van der Waals surface area contributed by atoms with E-state index in [4.69, 9.17) is 17.3 Å². The van der Waals surface area contributed by atoms with Gasteiger partial charge < -0.3 is 5.73 Å². The summed E-state index contributed by atoms with van der Waals surface area (Å²) in [5.74, 6) is 0.757. The number of hydrogen-bond acceptors (Lipinski definition) is 4. The van der Waals surface area contributed by atoms with Gasteiger partial charge in [-0.3, -0.25) is 0 Å². The van der Waals surface area contributed by atoms with Crippen LogP contribution < -0.4 is 5.73 Å². The Kier molecular flexibility index (Phi) is 4.58. The first-order chi connectivity index (χ1) is 8.69. The Morgan fingerprint density at radius 2 is 2.17 bits per heavy atom. The van der Waals surface area contributed by atoms with E-state index in [9.17, 15) is 0 Å². The second-order valence-electron chi connectivity index (χ2n) is 3.90. The Morgan fingerprint density at radius 3 is 2.83 bits per heavy atom. The number of aryl methyl sites for hydroxylation is 1. The second-order valence-corrected chi connectivity index (χ2v) is 5.25. The van der Waals surface area contributed by atoms with Crippen LogP contribution in [0, 0.1) is 6.92 Å². The quantitative estimate of drug-likeness (QED) is 0.690. The molecule has 2 aromatic rings. The molecule has 0 saturated carbocycles. The molecule has 0 amide bonds. The maximum Gasteiger partial charge on any atom is 0.188 e. The molecular formula is C13H14ClN3S. The number of benzene rings is 1. The van der Waals surface area contributed by atoms with E-state index in [1.165, 1.54) is 0 Å². The molecule has 0 fully saturated rings. The van der Waals surface area contributed by atoms with Gasteiger partial charge in [0.2, 0.25) is 0 Å². The average Bonchev–Trinajstić information content (AvgIpc) is 2.37. The normalized spacial score (nSPS) is 10.6. The van der Waals surface area contributed by atoms with Gasteiger partial charge in [-0.1, -0.05) is 35.5 Å². The molecule has 0 aliphatic rings. The van der Waals surface area contributed by atoms with E-state index >= 15 is 0 Å². The minimum absolute atomic E-state index is 0.508. The van der Waals surface area contributed by atoms with Crippen molar-refractivity contribution in [3.05, 3.63) is 52.3 Å². The van der Waals surface area contributed by atoms with Crippen molar-refractivity contribution in [2.45, 2.75) is 24.4 Å². The zero-order valence-electron chi connectivity index (χ0n) is 10.1. The van der Waals surface area contributed by atoms with Crippen LogP contribution in [0.3, 0.4) is 0 Å². The van der Waals surface area contributed by atoms with Gasteiger partial charge in [-0.05, 0) is 30.2 Å². The van der Waals surface area contributed by atoms with E-state index in [-0.39, 0.29) is 0 Å². The summed E-state index contributed by atoms with van der Waals surface area (Å²) in [6, 6.07) is 7.80. The molecule has 0 aliphatic carbocycles. The predicted octanol–water partition coefficient (Wildman–Crippen LogP) is 3.19. The van der Waals surface area contributed by atoms with E-state index in [1.54, 1.807) is 18.0 Å². The Morgan fingerprint density at radius 1 is 1.33 bits per heavy atom. The molecule has 0 atom stereocenters. The number of aromatic nitrogens is 2. The molecule has 1 aromatic carbocycles. The van der Waals surface area contributed by atoms with Crippen LogP contribution in [0.2, 0.25) is 5.02 Å². The number of thioether (sulfide) groups is 1. The summed E-state index contributed by atoms with van der Waals surface area (Å²) in [5, 5.41) is 1.52. The average molecular weight is 280 g/mol. The molecule has 18 heavy (non-hydrogen) atoms. The van der Waals surface area contributed by atoms with Crippen LogP contribution in [0.25, 0.3) is 0 Å². The first-order valence-corrected chi connectivity index (χ1v) is 6.95. The Bertz CT molecular complexity index is 546. The topological polar surface area (TPSA) is 51.8 Å². The van der Waals surface area contributed by atoms with Crippen LogP contribution in [0.1, 0.15) is 16.8 Å². The van der Waals surface area contributed by atoms with E-state index in [0.717, 1.165) is 32.8 Å². The first kappa shape index (κ1) is 13.3. The zero-order valence-corrected chi connectivity index (χ0v) is 11.6. The summed E-state index contributed by atoms with van der Waals surface area (Å²) in [5.41, 5.74) is 8.65. The third kappa shape index (κ3) is 3.45. The van der Waals surface area contributed by atoms with E-state index < -0.39 is 0 Å². The third-order valence-corrected chi connectivity index (χ3v) is 3.74. The van der Waals surface area contributed by atoms with Crippen molar-refractivity contribution in [3.8, 4) is 0 Å².